The molecule has 3 nitrogen and oxygen atoms in total. The largest absolute Gasteiger partial charge is 0.469 e. The zero-order valence-electron chi connectivity index (χ0n) is 8.95. The third kappa shape index (κ3) is 2.91. The minimum atomic E-state index is -0.327. The van der Waals surface area contributed by atoms with Crippen molar-refractivity contribution in [3.05, 3.63) is 35.4 Å². The Hall–Kier alpha value is -1.64. The average molecular weight is 206 g/mol. The first-order valence-electron chi connectivity index (χ1n) is 4.87. The quantitative estimate of drug-likeness (QED) is 0.559. The molecule has 15 heavy (non-hydrogen) atoms. The van der Waals surface area contributed by atoms with Crippen molar-refractivity contribution in [1.29, 1.82) is 0 Å². The minimum Gasteiger partial charge on any atom is -0.469 e. The average Bonchev–Trinajstić information content (AvgIpc) is 2.28. The molecule has 0 atom stereocenters. The fraction of sp³-hybridized carbons (Fsp3) is 0.333. The summed E-state index contributed by atoms with van der Waals surface area (Å²) in [7, 11) is 1.34. The fourth-order valence-corrected chi connectivity index (χ4v) is 1.36. The molecule has 3 heteroatoms. The van der Waals surface area contributed by atoms with Crippen LogP contribution in [0.1, 0.15) is 29.3 Å². The number of hydrogen-bond donors (Lipinski definition) is 0. The maximum atomic E-state index is 11.6. The van der Waals surface area contributed by atoms with E-state index in [0.29, 0.717) is 12.0 Å². The van der Waals surface area contributed by atoms with Crippen LogP contribution in [-0.4, -0.2) is 18.9 Å². The molecule has 80 valence electrons. The molecule has 0 N–H and O–H groups in total. The molecule has 0 amide bonds. The third-order valence-corrected chi connectivity index (χ3v) is 2.20. The van der Waals surface area contributed by atoms with E-state index >= 15 is 0 Å². The Morgan fingerprint density at radius 3 is 2.53 bits per heavy atom. The molecule has 0 aliphatic carbocycles. The highest BCUT2D eigenvalue weighted by Gasteiger charge is 2.11. The lowest BCUT2D eigenvalue weighted by molar-refractivity contribution is -0.139. The highest BCUT2D eigenvalue weighted by atomic mass is 16.5. The zero-order valence-corrected chi connectivity index (χ0v) is 8.95. The Kier molecular flexibility index (Phi) is 4.03. The highest BCUT2D eigenvalue weighted by Crippen LogP contribution is 2.12. The van der Waals surface area contributed by atoms with Gasteiger partial charge in [0.15, 0.2) is 5.78 Å². The van der Waals surface area contributed by atoms with Crippen molar-refractivity contribution in [2.24, 2.45) is 0 Å². The van der Waals surface area contributed by atoms with E-state index < -0.39 is 0 Å². The van der Waals surface area contributed by atoms with Crippen LogP contribution in [0.2, 0.25) is 0 Å². The Labute approximate surface area is 89.1 Å². The summed E-state index contributed by atoms with van der Waals surface area (Å²) in [6.45, 7) is 1.80. The van der Waals surface area contributed by atoms with Crippen LogP contribution in [-0.2, 0) is 16.0 Å². The lowest BCUT2D eigenvalue weighted by Gasteiger charge is -2.06. The second-order valence-corrected chi connectivity index (χ2v) is 3.19. The highest BCUT2D eigenvalue weighted by molar-refractivity contribution is 5.98. The SMILES string of the molecule is CCC(=O)c1ccccc1CC(=O)OC. The van der Waals surface area contributed by atoms with E-state index in [4.69, 9.17) is 0 Å². The summed E-state index contributed by atoms with van der Waals surface area (Å²) in [6, 6.07) is 7.12. The summed E-state index contributed by atoms with van der Waals surface area (Å²) in [6.07, 6.45) is 0.594. The van der Waals surface area contributed by atoms with Crippen LogP contribution in [0.5, 0.6) is 0 Å². The van der Waals surface area contributed by atoms with Gasteiger partial charge in [0.1, 0.15) is 0 Å². The van der Waals surface area contributed by atoms with Gasteiger partial charge in [0.2, 0.25) is 0 Å². The van der Waals surface area contributed by atoms with E-state index in [9.17, 15) is 9.59 Å². The molecule has 0 radical (unpaired) electrons. The van der Waals surface area contributed by atoms with E-state index in [1.54, 1.807) is 25.1 Å². The molecule has 0 bridgehead atoms. The molecule has 0 saturated carbocycles. The molecule has 1 aromatic carbocycles. The number of Topliss-reactive ketones (excluding diaryl/α,β-unsaturated/α-hetero) is 1. The van der Waals surface area contributed by atoms with Gasteiger partial charge < -0.3 is 4.74 Å². The molecule has 0 unspecified atom stereocenters. The molecule has 0 spiro atoms. The molecule has 0 fully saturated rings. The van der Waals surface area contributed by atoms with Gasteiger partial charge in [-0.15, -0.1) is 0 Å². The standard InChI is InChI=1S/C12H14O3/c1-3-11(13)10-7-5-4-6-9(10)8-12(14)15-2/h4-7H,3,8H2,1-2H3. The van der Waals surface area contributed by atoms with Crippen molar-refractivity contribution in [2.75, 3.05) is 7.11 Å². The summed E-state index contributed by atoms with van der Waals surface area (Å²) < 4.78 is 4.57. The first-order chi connectivity index (χ1) is 7.19. The van der Waals surface area contributed by atoms with Gasteiger partial charge in [-0.1, -0.05) is 31.2 Å². The van der Waals surface area contributed by atoms with Crippen molar-refractivity contribution in [2.45, 2.75) is 19.8 Å². The summed E-state index contributed by atoms with van der Waals surface area (Å²) in [5.41, 5.74) is 1.35. The van der Waals surface area contributed by atoms with Crippen molar-refractivity contribution in [1.82, 2.24) is 0 Å². The Morgan fingerprint density at radius 1 is 1.27 bits per heavy atom. The lowest BCUT2D eigenvalue weighted by Crippen LogP contribution is -2.09. The van der Waals surface area contributed by atoms with E-state index in [-0.39, 0.29) is 18.2 Å². The maximum absolute atomic E-state index is 11.6. The first-order valence-corrected chi connectivity index (χ1v) is 4.87. The number of rotatable bonds is 4. The number of carbonyl (C=O) groups excluding carboxylic acids is 2. The van der Waals surface area contributed by atoms with Gasteiger partial charge in [0.25, 0.3) is 0 Å². The van der Waals surface area contributed by atoms with Crippen LogP contribution in [0.4, 0.5) is 0 Å². The molecular formula is C12H14O3. The topological polar surface area (TPSA) is 43.4 Å². The lowest BCUT2D eigenvalue weighted by atomic mass is 10.00. The first kappa shape index (κ1) is 11.4. The minimum absolute atomic E-state index is 0.0505. The Balaban J connectivity index is 2.96. The second-order valence-electron chi connectivity index (χ2n) is 3.19. The molecule has 1 aromatic rings. The number of ketones is 1. The van der Waals surface area contributed by atoms with Gasteiger partial charge in [-0.3, -0.25) is 9.59 Å². The molecule has 1 rings (SSSR count). The van der Waals surface area contributed by atoms with Gasteiger partial charge in [-0.05, 0) is 5.56 Å². The van der Waals surface area contributed by atoms with Gasteiger partial charge in [-0.25, -0.2) is 0 Å². The van der Waals surface area contributed by atoms with Gasteiger partial charge in [-0.2, -0.15) is 0 Å². The predicted octanol–water partition coefficient (Wildman–Crippen LogP) is 1.99. The third-order valence-electron chi connectivity index (χ3n) is 2.20. The second kappa shape index (κ2) is 5.29. The number of esters is 1. The molecule has 0 aromatic heterocycles. The van der Waals surface area contributed by atoms with Crippen LogP contribution < -0.4 is 0 Å². The number of methoxy groups -OCH3 is 1. The Bertz CT molecular complexity index is 369. The van der Waals surface area contributed by atoms with Crippen molar-refractivity contribution in [3.8, 4) is 0 Å². The van der Waals surface area contributed by atoms with E-state index in [1.165, 1.54) is 7.11 Å². The fourth-order valence-electron chi connectivity index (χ4n) is 1.36. The van der Waals surface area contributed by atoms with Crippen molar-refractivity contribution < 1.29 is 14.3 Å². The van der Waals surface area contributed by atoms with Crippen LogP contribution in [0, 0.1) is 0 Å². The molecular weight excluding hydrogens is 192 g/mol. The number of benzene rings is 1. The summed E-state index contributed by atoms with van der Waals surface area (Å²) >= 11 is 0. The van der Waals surface area contributed by atoms with Crippen LogP contribution >= 0.6 is 0 Å². The van der Waals surface area contributed by atoms with Gasteiger partial charge in [0.05, 0.1) is 13.5 Å². The molecule has 0 aliphatic heterocycles. The predicted molar refractivity (Wildman–Crippen MR) is 56.8 cm³/mol. The summed E-state index contributed by atoms with van der Waals surface area (Å²) in [5.74, 6) is -0.277. The van der Waals surface area contributed by atoms with E-state index in [2.05, 4.69) is 4.74 Å². The molecule has 0 heterocycles. The smallest absolute Gasteiger partial charge is 0.310 e. The maximum Gasteiger partial charge on any atom is 0.310 e. The van der Waals surface area contributed by atoms with Crippen LogP contribution in [0.15, 0.2) is 24.3 Å². The normalized spacial score (nSPS) is 9.73. The van der Waals surface area contributed by atoms with Crippen LogP contribution in [0.25, 0.3) is 0 Å². The van der Waals surface area contributed by atoms with Gasteiger partial charge >= 0.3 is 5.97 Å². The van der Waals surface area contributed by atoms with E-state index in [1.807, 2.05) is 6.07 Å². The number of hydrogen-bond acceptors (Lipinski definition) is 3. The van der Waals surface area contributed by atoms with Crippen LogP contribution in [0.3, 0.4) is 0 Å². The zero-order chi connectivity index (χ0) is 11.3. The van der Waals surface area contributed by atoms with Crippen molar-refractivity contribution in [3.63, 3.8) is 0 Å². The molecule has 0 aliphatic rings. The van der Waals surface area contributed by atoms with Gasteiger partial charge in [0, 0.05) is 12.0 Å². The number of ether oxygens (including phenoxy) is 1. The van der Waals surface area contributed by atoms with E-state index in [0.717, 1.165) is 5.56 Å². The Morgan fingerprint density at radius 2 is 1.93 bits per heavy atom. The molecule has 0 saturated heterocycles. The monoisotopic (exact) mass is 206 g/mol. The summed E-state index contributed by atoms with van der Waals surface area (Å²) in [4.78, 5) is 22.7. The number of carbonyl (C=O) groups is 2. The summed E-state index contributed by atoms with van der Waals surface area (Å²) in [5, 5.41) is 0. The van der Waals surface area contributed by atoms with Crippen molar-refractivity contribution >= 4 is 11.8 Å².